The van der Waals surface area contributed by atoms with Crippen LogP contribution in [-0.4, -0.2) is 54.2 Å². The number of fused-ring (bicyclic) bond motifs is 3. The van der Waals surface area contributed by atoms with Gasteiger partial charge in [0.1, 0.15) is 11.8 Å². The van der Waals surface area contributed by atoms with Crippen LogP contribution in [0, 0.1) is 11.3 Å². The maximum absolute atomic E-state index is 13.5. The maximum Gasteiger partial charge on any atom is 0.337 e. The van der Waals surface area contributed by atoms with Gasteiger partial charge in [-0.3, -0.25) is 9.69 Å². The van der Waals surface area contributed by atoms with Crippen molar-refractivity contribution in [1.82, 2.24) is 4.90 Å². The minimum Gasteiger partial charge on any atom is -0.467 e. The van der Waals surface area contributed by atoms with Crippen LogP contribution in [0.4, 0.5) is 0 Å². The van der Waals surface area contributed by atoms with Gasteiger partial charge in [0, 0.05) is 11.8 Å². The predicted octanol–water partition coefficient (Wildman–Crippen LogP) is 2.48. The standard InChI is InChI=1S/C22H29NO6/c1-20(2,3)18-23-17(24)15-11-16(27-12-14-9-7-6-8-10-14)29-21(15,4)22(23,13-28-18)19(25)26-5/h6-10,15-16,18H,11-13H2,1-5H3/t15-,16+,18-,21-,22+/m0/s1. The highest BCUT2D eigenvalue weighted by Crippen LogP contribution is 2.58. The molecule has 3 aliphatic heterocycles. The van der Waals surface area contributed by atoms with E-state index in [0.717, 1.165) is 5.56 Å². The number of rotatable bonds is 4. The van der Waals surface area contributed by atoms with E-state index in [1.165, 1.54) is 7.11 Å². The van der Waals surface area contributed by atoms with E-state index in [4.69, 9.17) is 18.9 Å². The first-order valence-corrected chi connectivity index (χ1v) is 10.0. The number of nitrogens with zero attached hydrogens (tertiary/aromatic N) is 1. The Morgan fingerprint density at radius 3 is 2.59 bits per heavy atom. The highest BCUT2D eigenvalue weighted by atomic mass is 16.7. The van der Waals surface area contributed by atoms with Crippen LogP contribution >= 0.6 is 0 Å². The summed E-state index contributed by atoms with van der Waals surface area (Å²) in [4.78, 5) is 28.1. The quantitative estimate of drug-likeness (QED) is 0.719. The van der Waals surface area contributed by atoms with E-state index in [1.807, 2.05) is 58.0 Å². The van der Waals surface area contributed by atoms with Gasteiger partial charge < -0.3 is 18.9 Å². The Labute approximate surface area is 171 Å². The number of hydrogen-bond acceptors (Lipinski definition) is 6. The topological polar surface area (TPSA) is 74.3 Å². The monoisotopic (exact) mass is 403 g/mol. The van der Waals surface area contributed by atoms with Crippen molar-refractivity contribution in [3.05, 3.63) is 35.9 Å². The van der Waals surface area contributed by atoms with Gasteiger partial charge in [-0.05, 0) is 12.5 Å². The molecule has 7 heteroatoms. The molecule has 0 aromatic heterocycles. The lowest BCUT2D eigenvalue weighted by molar-refractivity contribution is -0.207. The van der Waals surface area contributed by atoms with Gasteiger partial charge in [-0.15, -0.1) is 0 Å². The zero-order chi connectivity index (χ0) is 21.0. The van der Waals surface area contributed by atoms with Crippen molar-refractivity contribution in [2.75, 3.05) is 13.7 Å². The van der Waals surface area contributed by atoms with Crippen molar-refractivity contribution in [2.45, 2.75) is 64.4 Å². The predicted molar refractivity (Wildman–Crippen MR) is 103 cm³/mol. The van der Waals surface area contributed by atoms with Crippen molar-refractivity contribution < 1.29 is 28.5 Å². The highest BCUT2D eigenvalue weighted by Gasteiger charge is 2.79. The Balaban J connectivity index is 1.63. The summed E-state index contributed by atoms with van der Waals surface area (Å²) in [6, 6.07) is 9.78. The number of ether oxygens (including phenoxy) is 4. The number of hydrogen-bond donors (Lipinski definition) is 0. The third-order valence-electron chi connectivity index (χ3n) is 6.46. The summed E-state index contributed by atoms with van der Waals surface area (Å²) >= 11 is 0. The van der Waals surface area contributed by atoms with E-state index >= 15 is 0 Å². The van der Waals surface area contributed by atoms with Crippen LogP contribution in [0.5, 0.6) is 0 Å². The second-order valence-electron chi connectivity index (χ2n) is 9.33. The van der Waals surface area contributed by atoms with Crippen LogP contribution in [0.3, 0.4) is 0 Å². The first kappa shape index (κ1) is 20.3. The number of amides is 1. The molecule has 4 rings (SSSR count). The molecule has 158 valence electrons. The summed E-state index contributed by atoms with van der Waals surface area (Å²) in [5.41, 5.74) is -1.74. The zero-order valence-electron chi connectivity index (χ0n) is 17.6. The van der Waals surface area contributed by atoms with Crippen molar-refractivity contribution >= 4 is 11.9 Å². The molecule has 0 unspecified atom stereocenters. The zero-order valence-corrected chi connectivity index (χ0v) is 17.6. The highest BCUT2D eigenvalue weighted by molar-refractivity contribution is 5.97. The van der Waals surface area contributed by atoms with Crippen molar-refractivity contribution in [3.63, 3.8) is 0 Å². The van der Waals surface area contributed by atoms with Gasteiger partial charge in [-0.25, -0.2) is 4.79 Å². The molecule has 0 aliphatic carbocycles. The lowest BCUT2D eigenvalue weighted by Gasteiger charge is -2.41. The van der Waals surface area contributed by atoms with Crippen LogP contribution in [0.1, 0.15) is 39.7 Å². The normalized spacial score (nSPS) is 36.2. The summed E-state index contributed by atoms with van der Waals surface area (Å²) in [5.74, 6) is -1.14. The second-order valence-corrected chi connectivity index (χ2v) is 9.33. The fraction of sp³-hybridized carbons (Fsp3) is 0.636. The molecule has 0 bridgehead atoms. The number of methoxy groups -OCH3 is 1. The molecule has 5 atom stereocenters. The summed E-state index contributed by atoms with van der Waals surface area (Å²) in [7, 11) is 1.33. The molecular weight excluding hydrogens is 374 g/mol. The lowest BCUT2D eigenvalue weighted by atomic mass is 9.77. The Morgan fingerprint density at radius 1 is 1.28 bits per heavy atom. The van der Waals surface area contributed by atoms with Gasteiger partial charge >= 0.3 is 5.97 Å². The third kappa shape index (κ3) is 2.82. The van der Waals surface area contributed by atoms with Crippen molar-refractivity contribution in [1.29, 1.82) is 0 Å². The van der Waals surface area contributed by atoms with Crippen LogP contribution in [0.15, 0.2) is 30.3 Å². The van der Waals surface area contributed by atoms with Crippen molar-refractivity contribution in [2.24, 2.45) is 11.3 Å². The first-order valence-electron chi connectivity index (χ1n) is 10.0. The van der Waals surface area contributed by atoms with Gasteiger partial charge in [0.05, 0.1) is 26.2 Å². The molecule has 0 spiro atoms. The van der Waals surface area contributed by atoms with Gasteiger partial charge in [0.25, 0.3) is 0 Å². The van der Waals surface area contributed by atoms with Crippen LogP contribution in [-0.2, 0) is 35.1 Å². The van der Waals surface area contributed by atoms with Gasteiger partial charge in [-0.2, -0.15) is 0 Å². The lowest BCUT2D eigenvalue weighted by Crippen LogP contribution is -2.64. The van der Waals surface area contributed by atoms with E-state index in [0.29, 0.717) is 13.0 Å². The number of benzene rings is 1. The largest absolute Gasteiger partial charge is 0.467 e. The Morgan fingerprint density at radius 2 is 1.97 bits per heavy atom. The van der Waals surface area contributed by atoms with Gasteiger partial charge in [0.2, 0.25) is 5.91 Å². The van der Waals surface area contributed by atoms with Gasteiger partial charge in [0.15, 0.2) is 11.8 Å². The number of esters is 1. The molecule has 3 aliphatic rings. The molecule has 1 amide bonds. The molecule has 3 saturated heterocycles. The summed E-state index contributed by atoms with van der Waals surface area (Å²) in [6.45, 7) is 8.20. The SMILES string of the molecule is COC(=O)[C@@]12CO[C@@H](C(C)(C)C)N1C(=O)[C@@H]1C[C@H](OCc3ccccc3)O[C@@]12C. The molecule has 0 saturated carbocycles. The average molecular weight is 403 g/mol. The molecule has 1 aromatic rings. The van der Waals surface area contributed by atoms with Crippen LogP contribution < -0.4 is 0 Å². The number of carbonyl (C=O) groups is 2. The Hall–Kier alpha value is -1.96. The minimum absolute atomic E-state index is 0.0474. The molecule has 3 heterocycles. The summed E-state index contributed by atoms with van der Waals surface area (Å²) < 4.78 is 23.4. The summed E-state index contributed by atoms with van der Waals surface area (Å²) in [5, 5.41) is 0. The van der Waals surface area contributed by atoms with Crippen LogP contribution in [0.25, 0.3) is 0 Å². The molecule has 0 N–H and O–H groups in total. The van der Waals surface area contributed by atoms with Gasteiger partial charge in [-0.1, -0.05) is 51.1 Å². The fourth-order valence-electron chi connectivity index (χ4n) is 4.97. The fourth-order valence-corrected chi connectivity index (χ4v) is 4.97. The van der Waals surface area contributed by atoms with E-state index in [9.17, 15) is 9.59 Å². The molecular formula is C22H29NO6. The molecule has 29 heavy (non-hydrogen) atoms. The van der Waals surface area contributed by atoms with E-state index in [2.05, 4.69) is 0 Å². The number of carbonyl (C=O) groups excluding carboxylic acids is 2. The third-order valence-corrected chi connectivity index (χ3v) is 6.46. The molecule has 7 nitrogen and oxygen atoms in total. The first-order chi connectivity index (χ1) is 13.6. The van der Waals surface area contributed by atoms with E-state index in [1.54, 1.807) is 4.90 Å². The summed E-state index contributed by atoms with van der Waals surface area (Å²) in [6.07, 6.45) is -0.704. The molecule has 0 radical (unpaired) electrons. The second kappa shape index (κ2) is 6.79. The Kier molecular flexibility index (Phi) is 4.76. The molecule has 1 aromatic carbocycles. The average Bonchev–Trinajstić information content (AvgIpc) is 3.30. The van der Waals surface area contributed by atoms with Crippen LogP contribution in [0.2, 0.25) is 0 Å². The minimum atomic E-state index is -1.31. The molecule has 3 fully saturated rings. The van der Waals surface area contributed by atoms with E-state index in [-0.39, 0.29) is 17.9 Å². The van der Waals surface area contributed by atoms with Crippen molar-refractivity contribution in [3.8, 4) is 0 Å². The smallest absolute Gasteiger partial charge is 0.337 e. The Bertz CT molecular complexity index is 805. The maximum atomic E-state index is 13.5. The van der Waals surface area contributed by atoms with E-state index < -0.39 is 35.5 Å².